The first-order chi connectivity index (χ1) is 3.46. The molecule has 0 fully saturated rings. The van der Waals surface area contributed by atoms with Crippen molar-refractivity contribution >= 4 is 14.6 Å². The number of hydrogen-bond acceptors (Lipinski definition) is 6. The van der Waals surface area contributed by atoms with Crippen LogP contribution in [0.3, 0.4) is 0 Å². The normalized spacial score (nSPS) is 5.40. The molecular weight excluding hydrogens is 164 g/mol. The number of rotatable bonds is 0. The largest absolute Gasteiger partial charge is 1.00 e. The van der Waals surface area contributed by atoms with Crippen molar-refractivity contribution < 1.29 is 89.3 Å². The minimum Gasteiger partial charge on any atom is -0.871 e. The molecule has 0 aromatic carbocycles. The molecule has 10 heavy (non-hydrogen) atoms. The Kier molecular flexibility index (Phi) is 38.8. The van der Waals surface area contributed by atoms with Crippen LogP contribution in [0.15, 0.2) is 0 Å². The van der Waals surface area contributed by atoms with Gasteiger partial charge in [0.1, 0.15) is 0 Å². The molecule has 0 aliphatic rings. The van der Waals surface area contributed by atoms with Crippen LogP contribution in [0.4, 0.5) is 0 Å². The van der Waals surface area contributed by atoms with Gasteiger partial charge in [0.15, 0.2) is 0 Å². The van der Waals surface area contributed by atoms with Crippen molar-refractivity contribution in [3.8, 4) is 0 Å². The Morgan fingerprint density at radius 1 is 0.800 bits per heavy atom. The Hall–Kier alpha value is 1.89. The van der Waals surface area contributed by atoms with Gasteiger partial charge in [-0.3, -0.25) is 0 Å². The van der Waals surface area contributed by atoms with E-state index in [-0.39, 0.29) is 59.1 Å². The topological polar surface area (TPSA) is 127 Å². The summed E-state index contributed by atoms with van der Waals surface area (Å²) in [4.78, 5) is 0. The first-order valence-electron chi connectivity index (χ1n) is 1.50. The van der Waals surface area contributed by atoms with Crippen molar-refractivity contribution in [2.45, 2.75) is 0 Å². The third kappa shape index (κ3) is 219. The monoisotopic (exact) mass is 168 g/mol. The van der Waals surface area contributed by atoms with Gasteiger partial charge in [0.25, 0.3) is 0 Å². The summed E-state index contributed by atoms with van der Waals surface area (Å²) in [6, 6.07) is 0. The molecule has 4 N–H and O–H groups in total. The zero-order chi connectivity index (χ0) is 7.15. The maximum absolute atomic E-state index is 8.53. The van der Waals surface area contributed by atoms with Crippen LogP contribution in [-0.2, 0) is 0 Å². The molecule has 0 amide bonds. The molecule has 0 atom stereocenters. The van der Waals surface area contributed by atoms with Crippen LogP contribution in [0.2, 0.25) is 0 Å². The van der Waals surface area contributed by atoms with Crippen LogP contribution >= 0.6 is 0 Å². The number of hydrogen-bond donors (Lipinski definition) is 4. The Morgan fingerprint density at radius 3 is 0.800 bits per heavy atom. The van der Waals surface area contributed by atoms with Gasteiger partial charge in [0, 0.05) is 0 Å². The summed E-state index contributed by atoms with van der Waals surface area (Å²) in [5.41, 5.74) is 0. The van der Waals surface area contributed by atoms with E-state index < -0.39 is 14.6 Å². The quantitative estimate of drug-likeness (QED) is 0.266. The van der Waals surface area contributed by atoms with Gasteiger partial charge in [0.2, 0.25) is 0 Å². The predicted octanol–water partition coefficient (Wildman–Crippen LogP) is -11.4. The smallest absolute Gasteiger partial charge is 0.871 e. The molecule has 0 saturated carbocycles. The van der Waals surface area contributed by atoms with Gasteiger partial charge in [-0.25, -0.2) is 0 Å². The van der Waals surface area contributed by atoms with Crippen molar-refractivity contribution in [1.29, 1.82) is 0 Å². The minimum atomic E-state index is -2.67. The van der Waals surface area contributed by atoms with E-state index in [1.807, 2.05) is 0 Å². The van der Waals surface area contributed by atoms with Crippen molar-refractivity contribution in [3.63, 3.8) is 0 Å². The standard InChI is InChI=1S/BH3O3.BHO3.2Na/c2*2-1(3)4;;/h2-4H;2H;;/q;-2;2*+1. The molecule has 10 heteroatoms. The predicted molar refractivity (Wildman–Crippen MR) is 20.4 cm³/mol. The average molecular weight is 168 g/mol. The zero-order valence-corrected chi connectivity index (χ0v) is 9.76. The van der Waals surface area contributed by atoms with Gasteiger partial charge >= 0.3 is 66.4 Å². The summed E-state index contributed by atoms with van der Waals surface area (Å²) in [6.45, 7) is 0. The van der Waals surface area contributed by atoms with E-state index in [0.717, 1.165) is 0 Å². The van der Waals surface area contributed by atoms with Gasteiger partial charge in [-0.2, -0.15) is 0 Å². The fourth-order valence-electron chi connectivity index (χ4n) is 0. The maximum atomic E-state index is 8.53. The third-order valence-electron chi connectivity index (χ3n) is 0. The van der Waals surface area contributed by atoms with E-state index in [1.165, 1.54) is 0 Å². The Bertz CT molecular complexity index is 29.2. The van der Waals surface area contributed by atoms with E-state index in [2.05, 4.69) is 0 Å². The summed E-state index contributed by atoms with van der Waals surface area (Å²) >= 11 is 0. The van der Waals surface area contributed by atoms with E-state index in [4.69, 9.17) is 30.1 Å². The van der Waals surface area contributed by atoms with Crippen molar-refractivity contribution in [1.82, 2.24) is 0 Å². The molecular formula is H4B2Na2O6. The van der Waals surface area contributed by atoms with Crippen molar-refractivity contribution in [2.24, 2.45) is 0 Å². The molecule has 0 spiro atoms. The minimum absolute atomic E-state index is 0. The van der Waals surface area contributed by atoms with Crippen LogP contribution in [0, 0.1) is 0 Å². The molecule has 0 unspecified atom stereocenters. The van der Waals surface area contributed by atoms with E-state index >= 15 is 0 Å². The van der Waals surface area contributed by atoms with Gasteiger partial charge in [-0.1, -0.05) is 0 Å². The summed E-state index contributed by atoms with van der Waals surface area (Å²) in [5, 5.41) is 45.5. The first-order valence-corrected chi connectivity index (χ1v) is 1.50. The van der Waals surface area contributed by atoms with Crippen molar-refractivity contribution in [3.05, 3.63) is 0 Å². The summed E-state index contributed by atoms with van der Waals surface area (Å²) < 4.78 is 0. The molecule has 48 valence electrons. The molecule has 6 nitrogen and oxygen atoms in total. The molecule has 0 aliphatic carbocycles. The van der Waals surface area contributed by atoms with Crippen LogP contribution in [0.25, 0.3) is 0 Å². The molecule has 0 aromatic rings. The molecule has 0 heterocycles. The zero-order valence-electron chi connectivity index (χ0n) is 5.76. The van der Waals surface area contributed by atoms with E-state index in [1.54, 1.807) is 0 Å². The Balaban J connectivity index is -0.0000000300. The fourth-order valence-corrected chi connectivity index (χ4v) is 0. The fraction of sp³-hybridized carbons (Fsp3) is 0. The Labute approximate surface area is 103 Å². The molecule has 0 aliphatic heterocycles. The second kappa shape index (κ2) is 17.1. The molecule has 0 saturated heterocycles. The second-order valence-electron chi connectivity index (χ2n) is 0.653. The third-order valence-corrected chi connectivity index (χ3v) is 0. The molecule has 0 rings (SSSR count). The van der Waals surface area contributed by atoms with Crippen LogP contribution in [-0.4, -0.2) is 34.7 Å². The van der Waals surface area contributed by atoms with Gasteiger partial charge in [0.05, 0.1) is 7.32 Å². The summed E-state index contributed by atoms with van der Waals surface area (Å²) in [6.07, 6.45) is 0. The first kappa shape index (κ1) is 22.7. The molecule has 0 radical (unpaired) electrons. The van der Waals surface area contributed by atoms with E-state index in [9.17, 15) is 0 Å². The second-order valence-corrected chi connectivity index (χ2v) is 0.653. The summed E-state index contributed by atoms with van der Waals surface area (Å²) in [5.74, 6) is 0. The van der Waals surface area contributed by atoms with Crippen LogP contribution < -0.4 is 69.2 Å². The SMILES string of the molecule is OB(O)O.[Na+].[Na+].[O-]B([O-])O. The van der Waals surface area contributed by atoms with Gasteiger partial charge < -0.3 is 30.1 Å². The van der Waals surface area contributed by atoms with Crippen LogP contribution in [0.5, 0.6) is 0 Å². The Morgan fingerprint density at radius 2 is 0.800 bits per heavy atom. The van der Waals surface area contributed by atoms with Gasteiger partial charge in [-0.05, 0) is 0 Å². The van der Waals surface area contributed by atoms with E-state index in [0.29, 0.717) is 0 Å². The van der Waals surface area contributed by atoms with Crippen molar-refractivity contribution in [2.75, 3.05) is 0 Å². The van der Waals surface area contributed by atoms with Crippen LogP contribution in [0.1, 0.15) is 0 Å². The molecule has 0 bridgehead atoms. The van der Waals surface area contributed by atoms with Gasteiger partial charge in [-0.15, -0.1) is 0 Å². The molecule has 0 aromatic heterocycles. The summed E-state index contributed by atoms with van der Waals surface area (Å²) in [7, 11) is -4.83. The average Bonchev–Trinajstić information content (AvgIpc) is 1.25. The maximum Gasteiger partial charge on any atom is 1.00 e.